The number of hydrogen-bond donors (Lipinski definition) is 1. The molecule has 12 heavy (non-hydrogen) atoms. The van der Waals surface area contributed by atoms with Gasteiger partial charge in [-0.3, -0.25) is 9.88 Å². The van der Waals surface area contributed by atoms with Gasteiger partial charge in [-0.2, -0.15) is 0 Å². The minimum absolute atomic E-state index is 0.757. The second kappa shape index (κ2) is 3.11. The summed E-state index contributed by atoms with van der Waals surface area (Å²) in [4.78, 5) is 6.43. The van der Waals surface area contributed by atoms with Crippen LogP contribution in [-0.2, 0) is 6.54 Å². The molecule has 0 saturated carbocycles. The topological polar surface area (TPSA) is 42.1 Å². The number of nitrogens with zero attached hydrogens (tertiary/aromatic N) is 2. The van der Waals surface area contributed by atoms with Crippen molar-refractivity contribution in [2.75, 3.05) is 18.8 Å². The molecule has 0 bridgehead atoms. The molecular weight excluding hydrogens is 150 g/mol. The van der Waals surface area contributed by atoms with Crippen LogP contribution in [0.3, 0.4) is 0 Å². The fourth-order valence-corrected chi connectivity index (χ4v) is 1.39. The minimum atomic E-state index is 0.757. The van der Waals surface area contributed by atoms with E-state index >= 15 is 0 Å². The summed E-state index contributed by atoms with van der Waals surface area (Å²) in [5, 5.41) is 0. The van der Waals surface area contributed by atoms with Gasteiger partial charge in [0, 0.05) is 18.9 Å². The summed E-state index contributed by atoms with van der Waals surface area (Å²) < 4.78 is 0. The smallest absolute Gasteiger partial charge is 0.0503 e. The Morgan fingerprint density at radius 1 is 1.42 bits per heavy atom. The number of nitrogen functional groups attached to an aromatic ring is 1. The van der Waals surface area contributed by atoms with Crippen molar-refractivity contribution in [1.82, 2.24) is 9.88 Å². The van der Waals surface area contributed by atoms with E-state index in [0.717, 1.165) is 12.2 Å². The van der Waals surface area contributed by atoms with E-state index < -0.39 is 0 Å². The van der Waals surface area contributed by atoms with Crippen molar-refractivity contribution in [3.8, 4) is 0 Å². The van der Waals surface area contributed by atoms with E-state index in [0.29, 0.717) is 0 Å². The quantitative estimate of drug-likeness (QED) is 0.703. The molecule has 3 nitrogen and oxygen atoms in total. The SMILES string of the molecule is Nc1cncc(CN2CCC2)c1. The van der Waals surface area contributed by atoms with Gasteiger partial charge in [-0.15, -0.1) is 0 Å². The van der Waals surface area contributed by atoms with Crippen LogP contribution in [0.25, 0.3) is 0 Å². The lowest BCUT2D eigenvalue weighted by atomic mass is 10.2. The van der Waals surface area contributed by atoms with E-state index in [2.05, 4.69) is 9.88 Å². The largest absolute Gasteiger partial charge is 0.397 e. The lowest BCUT2D eigenvalue weighted by molar-refractivity contribution is 0.172. The first kappa shape index (κ1) is 7.55. The second-order valence-electron chi connectivity index (χ2n) is 3.26. The second-order valence-corrected chi connectivity index (χ2v) is 3.26. The van der Waals surface area contributed by atoms with Crippen LogP contribution in [0.1, 0.15) is 12.0 Å². The number of hydrogen-bond acceptors (Lipinski definition) is 3. The van der Waals surface area contributed by atoms with E-state index in [4.69, 9.17) is 5.73 Å². The molecule has 0 spiro atoms. The van der Waals surface area contributed by atoms with Gasteiger partial charge in [-0.05, 0) is 31.1 Å². The molecule has 0 unspecified atom stereocenters. The summed E-state index contributed by atoms with van der Waals surface area (Å²) >= 11 is 0. The van der Waals surface area contributed by atoms with Crippen LogP contribution in [0.5, 0.6) is 0 Å². The number of pyridine rings is 1. The highest BCUT2D eigenvalue weighted by Crippen LogP contribution is 2.12. The number of aromatic nitrogens is 1. The molecule has 0 radical (unpaired) electrons. The van der Waals surface area contributed by atoms with Crippen LogP contribution < -0.4 is 5.73 Å². The van der Waals surface area contributed by atoms with Gasteiger partial charge in [0.2, 0.25) is 0 Å². The van der Waals surface area contributed by atoms with Crippen LogP contribution in [0.4, 0.5) is 5.69 Å². The van der Waals surface area contributed by atoms with Gasteiger partial charge in [-0.1, -0.05) is 0 Å². The Kier molecular flexibility index (Phi) is 1.96. The Labute approximate surface area is 72.2 Å². The number of rotatable bonds is 2. The molecule has 0 atom stereocenters. The Hall–Kier alpha value is -1.09. The molecule has 0 aromatic carbocycles. The normalized spacial score (nSPS) is 17.3. The summed E-state index contributed by atoms with van der Waals surface area (Å²) in [6.07, 6.45) is 4.89. The van der Waals surface area contributed by atoms with Gasteiger partial charge in [-0.25, -0.2) is 0 Å². The average molecular weight is 163 g/mol. The van der Waals surface area contributed by atoms with Crippen molar-refractivity contribution in [3.05, 3.63) is 24.0 Å². The summed E-state index contributed by atoms with van der Waals surface area (Å²) in [7, 11) is 0. The first-order valence-corrected chi connectivity index (χ1v) is 4.26. The number of likely N-dealkylation sites (tertiary alicyclic amines) is 1. The molecule has 1 aliphatic heterocycles. The molecule has 2 heterocycles. The molecule has 1 aliphatic rings. The third-order valence-electron chi connectivity index (χ3n) is 2.17. The van der Waals surface area contributed by atoms with Crippen molar-refractivity contribution < 1.29 is 0 Å². The first-order valence-electron chi connectivity index (χ1n) is 4.26. The van der Waals surface area contributed by atoms with Gasteiger partial charge in [0.05, 0.1) is 5.69 Å². The predicted molar refractivity (Wildman–Crippen MR) is 48.5 cm³/mol. The fourth-order valence-electron chi connectivity index (χ4n) is 1.39. The van der Waals surface area contributed by atoms with Crippen LogP contribution in [-0.4, -0.2) is 23.0 Å². The Balaban J connectivity index is 2.02. The Bertz CT molecular complexity index is 268. The van der Waals surface area contributed by atoms with Crippen LogP contribution in [0.2, 0.25) is 0 Å². The zero-order chi connectivity index (χ0) is 8.39. The Morgan fingerprint density at radius 2 is 2.25 bits per heavy atom. The summed E-state index contributed by atoms with van der Waals surface area (Å²) in [6.45, 7) is 3.43. The van der Waals surface area contributed by atoms with Crippen molar-refractivity contribution in [1.29, 1.82) is 0 Å². The maximum Gasteiger partial charge on any atom is 0.0503 e. The molecule has 0 amide bonds. The highest BCUT2D eigenvalue weighted by Gasteiger charge is 2.13. The molecule has 0 aliphatic carbocycles. The lowest BCUT2D eigenvalue weighted by Gasteiger charge is -2.30. The Morgan fingerprint density at radius 3 is 2.83 bits per heavy atom. The van der Waals surface area contributed by atoms with Gasteiger partial charge in [0.25, 0.3) is 0 Å². The van der Waals surface area contributed by atoms with Crippen LogP contribution in [0.15, 0.2) is 18.5 Å². The van der Waals surface area contributed by atoms with Crippen LogP contribution in [0, 0.1) is 0 Å². The van der Waals surface area contributed by atoms with Crippen molar-refractivity contribution in [2.24, 2.45) is 0 Å². The number of nitrogens with two attached hydrogens (primary N) is 1. The van der Waals surface area contributed by atoms with Crippen molar-refractivity contribution in [2.45, 2.75) is 13.0 Å². The first-order chi connectivity index (χ1) is 5.84. The standard InChI is InChI=1S/C9H13N3/c10-9-4-8(5-11-6-9)7-12-2-1-3-12/h4-6H,1-3,7,10H2. The average Bonchev–Trinajstić information content (AvgIpc) is 1.97. The molecule has 1 aromatic rings. The molecular formula is C9H13N3. The molecule has 1 fully saturated rings. The van der Waals surface area contributed by atoms with E-state index in [1.165, 1.54) is 25.1 Å². The summed E-state index contributed by atoms with van der Waals surface area (Å²) in [6, 6.07) is 1.99. The van der Waals surface area contributed by atoms with Gasteiger partial charge in [0.1, 0.15) is 0 Å². The zero-order valence-corrected chi connectivity index (χ0v) is 7.03. The monoisotopic (exact) mass is 163 g/mol. The third-order valence-corrected chi connectivity index (χ3v) is 2.17. The lowest BCUT2D eigenvalue weighted by Crippen LogP contribution is -2.36. The van der Waals surface area contributed by atoms with Crippen molar-refractivity contribution >= 4 is 5.69 Å². The number of anilines is 1. The van der Waals surface area contributed by atoms with E-state index in [9.17, 15) is 0 Å². The van der Waals surface area contributed by atoms with Gasteiger partial charge < -0.3 is 5.73 Å². The molecule has 64 valence electrons. The fraction of sp³-hybridized carbons (Fsp3) is 0.444. The highest BCUT2D eigenvalue weighted by molar-refractivity contribution is 5.36. The molecule has 1 saturated heterocycles. The van der Waals surface area contributed by atoms with Crippen LogP contribution >= 0.6 is 0 Å². The summed E-state index contributed by atoms with van der Waals surface area (Å²) in [5.74, 6) is 0. The van der Waals surface area contributed by atoms with E-state index in [-0.39, 0.29) is 0 Å². The van der Waals surface area contributed by atoms with E-state index in [1.54, 1.807) is 6.20 Å². The highest BCUT2D eigenvalue weighted by atomic mass is 15.2. The van der Waals surface area contributed by atoms with Gasteiger partial charge in [0.15, 0.2) is 0 Å². The van der Waals surface area contributed by atoms with E-state index in [1.807, 2.05) is 12.3 Å². The summed E-state index contributed by atoms with van der Waals surface area (Å²) in [5.41, 5.74) is 7.59. The molecule has 2 rings (SSSR count). The molecule has 3 heteroatoms. The maximum atomic E-state index is 5.61. The predicted octanol–water partition coefficient (Wildman–Crippen LogP) is 0.870. The minimum Gasteiger partial charge on any atom is -0.397 e. The third kappa shape index (κ3) is 1.56. The molecule has 1 aromatic heterocycles. The van der Waals surface area contributed by atoms with Crippen molar-refractivity contribution in [3.63, 3.8) is 0 Å². The zero-order valence-electron chi connectivity index (χ0n) is 7.03. The van der Waals surface area contributed by atoms with Gasteiger partial charge >= 0.3 is 0 Å². The maximum absolute atomic E-state index is 5.61. The molecule has 2 N–H and O–H groups in total.